The van der Waals surface area contributed by atoms with E-state index in [1.54, 1.807) is 0 Å². The van der Waals surface area contributed by atoms with Crippen LogP contribution in [-0.2, 0) is 38.4 Å². The zero-order valence-electron chi connectivity index (χ0n) is 16.3. The van der Waals surface area contributed by atoms with E-state index in [9.17, 15) is 38.4 Å². The van der Waals surface area contributed by atoms with Crippen molar-refractivity contribution < 1.29 is 66.5 Å². The van der Waals surface area contributed by atoms with E-state index in [1.165, 1.54) is 6.92 Å². The van der Waals surface area contributed by atoms with Gasteiger partial charge in [-0.15, -0.1) is 0 Å². The molecule has 15 nitrogen and oxygen atoms in total. The predicted octanol–water partition coefficient (Wildman–Crippen LogP) is -4.26. The fraction of sp³-hybridized carbons (Fsp3) is 0.867. The number of amides is 1. The van der Waals surface area contributed by atoms with Gasteiger partial charge in [-0.2, -0.15) is 8.42 Å². The molecule has 2 rings (SSSR count). The number of rotatable bonds is 7. The van der Waals surface area contributed by atoms with Crippen LogP contribution in [0.3, 0.4) is 0 Å². The maximum absolute atomic E-state index is 11.6. The van der Waals surface area contributed by atoms with E-state index in [-0.39, 0.29) is 0 Å². The molecule has 0 aromatic carbocycles. The average molecular weight is 475 g/mol. The summed E-state index contributed by atoms with van der Waals surface area (Å²) >= 11 is 0. The van der Waals surface area contributed by atoms with E-state index < -0.39 is 90.0 Å². The topological polar surface area (TPSA) is 239 Å². The van der Waals surface area contributed by atoms with Crippen LogP contribution < -0.4 is 5.32 Å². The lowest BCUT2D eigenvalue weighted by Gasteiger charge is -2.47. The van der Waals surface area contributed by atoms with Gasteiger partial charge >= 0.3 is 16.4 Å². The van der Waals surface area contributed by atoms with Crippen molar-refractivity contribution >= 4 is 22.3 Å². The van der Waals surface area contributed by atoms with Gasteiger partial charge in [-0.1, -0.05) is 0 Å². The van der Waals surface area contributed by atoms with E-state index in [2.05, 4.69) is 9.50 Å². The number of aliphatic hydroxyl groups is 4. The minimum atomic E-state index is -5.14. The molecule has 7 N–H and O–H groups in total. The minimum absolute atomic E-state index is 0.619. The molecular weight excluding hydrogens is 450 g/mol. The molecule has 10 atom stereocenters. The normalized spacial score (nSPS) is 41.5. The molecule has 0 spiro atoms. The summed E-state index contributed by atoms with van der Waals surface area (Å²) in [6.07, 6.45) is -15.7. The van der Waals surface area contributed by atoms with Gasteiger partial charge in [0, 0.05) is 6.92 Å². The van der Waals surface area contributed by atoms with Crippen molar-refractivity contribution in [1.29, 1.82) is 0 Å². The van der Waals surface area contributed by atoms with Crippen LogP contribution in [0.5, 0.6) is 0 Å². The van der Waals surface area contributed by atoms with Crippen molar-refractivity contribution in [2.75, 3.05) is 6.61 Å². The molecule has 1 amide bonds. The molecule has 0 radical (unpaired) electrons. The minimum Gasteiger partial charge on any atom is -0.479 e. The highest BCUT2D eigenvalue weighted by Gasteiger charge is 2.53. The van der Waals surface area contributed by atoms with Crippen LogP contribution in [0, 0.1) is 0 Å². The summed E-state index contributed by atoms with van der Waals surface area (Å²) in [7, 11) is -5.14. The van der Waals surface area contributed by atoms with Crippen molar-refractivity contribution in [3.63, 3.8) is 0 Å². The van der Waals surface area contributed by atoms with Crippen molar-refractivity contribution in [3.8, 4) is 0 Å². The van der Waals surface area contributed by atoms with Crippen molar-refractivity contribution in [1.82, 2.24) is 5.32 Å². The number of carboxylic acid groups (broad SMARTS) is 1. The Balaban J connectivity index is 2.42. The lowest BCUT2D eigenvalue weighted by molar-refractivity contribution is -0.323. The number of hydrogen-bond donors (Lipinski definition) is 7. The number of ether oxygens (including phenoxy) is 3. The number of carboxylic acids is 1. The monoisotopic (exact) mass is 475 g/mol. The second kappa shape index (κ2) is 9.99. The first-order chi connectivity index (χ1) is 14.3. The van der Waals surface area contributed by atoms with E-state index >= 15 is 0 Å². The number of aliphatic carboxylic acids is 1. The third-order valence-electron chi connectivity index (χ3n) is 4.83. The first kappa shape index (κ1) is 25.8. The highest BCUT2D eigenvalue weighted by Crippen LogP contribution is 2.31. The largest absolute Gasteiger partial charge is 0.479 e. The lowest BCUT2D eigenvalue weighted by atomic mass is 9.92. The molecule has 2 heterocycles. The second-order valence-electron chi connectivity index (χ2n) is 7.11. The summed E-state index contributed by atoms with van der Waals surface area (Å²) in [5.41, 5.74) is 0. The maximum atomic E-state index is 11.6. The first-order valence-corrected chi connectivity index (χ1v) is 10.4. The van der Waals surface area contributed by atoms with Crippen LogP contribution in [0.15, 0.2) is 0 Å². The summed E-state index contributed by atoms with van der Waals surface area (Å²) in [4.78, 5) is 22.9. The Morgan fingerprint density at radius 2 is 1.68 bits per heavy atom. The Labute approximate surface area is 176 Å². The molecule has 0 aliphatic carbocycles. The van der Waals surface area contributed by atoms with Gasteiger partial charge in [0.15, 0.2) is 12.4 Å². The molecule has 2 fully saturated rings. The van der Waals surface area contributed by atoms with Gasteiger partial charge in [-0.05, 0) is 6.92 Å². The standard InChI is InChI=1S/C15H25NO14S/c1-4-7(16-5(2)18)12(11(6(3-17)27-4)30-31(24,25)26)28-15-10(21)8(19)9(20)13(29-15)14(22)23/h4,6-13,15,17,19-21H,3H2,1-2H3,(H,16,18)(H,22,23)(H,24,25,26). The number of nitrogens with one attached hydrogen (secondary N) is 1. The highest BCUT2D eigenvalue weighted by atomic mass is 32.3. The van der Waals surface area contributed by atoms with Gasteiger partial charge in [0.25, 0.3) is 0 Å². The predicted molar refractivity (Wildman–Crippen MR) is 94.6 cm³/mol. The molecule has 16 heteroatoms. The molecule has 2 saturated heterocycles. The van der Waals surface area contributed by atoms with Crippen LogP contribution in [-0.4, -0.2) is 118 Å². The highest BCUT2D eigenvalue weighted by molar-refractivity contribution is 7.80. The zero-order valence-corrected chi connectivity index (χ0v) is 17.2. The van der Waals surface area contributed by atoms with Crippen LogP contribution in [0.2, 0.25) is 0 Å². The number of hydrogen-bond acceptors (Lipinski definition) is 12. The van der Waals surface area contributed by atoms with E-state index in [0.717, 1.165) is 6.92 Å². The molecule has 2 aliphatic rings. The van der Waals surface area contributed by atoms with Crippen LogP contribution in [0.25, 0.3) is 0 Å². The lowest BCUT2D eigenvalue weighted by Crippen LogP contribution is -2.68. The molecule has 31 heavy (non-hydrogen) atoms. The molecule has 0 aromatic heterocycles. The Kier molecular flexibility index (Phi) is 8.31. The van der Waals surface area contributed by atoms with E-state index in [1.807, 2.05) is 0 Å². The van der Waals surface area contributed by atoms with Gasteiger partial charge in [0.2, 0.25) is 5.91 Å². The van der Waals surface area contributed by atoms with Crippen molar-refractivity contribution in [2.24, 2.45) is 0 Å². The van der Waals surface area contributed by atoms with Gasteiger partial charge in [-0.3, -0.25) is 9.35 Å². The van der Waals surface area contributed by atoms with Gasteiger partial charge in [0.1, 0.15) is 36.6 Å². The third kappa shape index (κ3) is 6.07. The Bertz CT molecular complexity index is 761. The summed E-state index contributed by atoms with van der Waals surface area (Å²) in [6, 6.07) is -1.20. The molecule has 0 aromatic rings. The Morgan fingerprint density at radius 1 is 1.06 bits per heavy atom. The maximum Gasteiger partial charge on any atom is 0.397 e. The van der Waals surface area contributed by atoms with Gasteiger partial charge in [-0.25, -0.2) is 8.98 Å². The molecule has 10 unspecified atom stereocenters. The van der Waals surface area contributed by atoms with Crippen LogP contribution in [0.1, 0.15) is 13.8 Å². The van der Waals surface area contributed by atoms with Crippen LogP contribution in [0.4, 0.5) is 0 Å². The van der Waals surface area contributed by atoms with Crippen molar-refractivity contribution in [3.05, 3.63) is 0 Å². The van der Waals surface area contributed by atoms with E-state index in [0.29, 0.717) is 0 Å². The SMILES string of the molecule is CC(=O)NC1C(C)OC(CO)C(OS(=O)(=O)O)C1OC1OC(C(=O)O)C(O)C(O)C1O. The molecule has 2 aliphatic heterocycles. The quantitative estimate of drug-likeness (QED) is 0.173. The first-order valence-electron chi connectivity index (χ1n) is 9.03. The zero-order chi connectivity index (χ0) is 23.7. The second-order valence-corrected chi connectivity index (χ2v) is 8.16. The Morgan fingerprint density at radius 3 is 2.16 bits per heavy atom. The Hall–Kier alpha value is -1.47. The molecule has 180 valence electrons. The van der Waals surface area contributed by atoms with Gasteiger partial charge in [0.05, 0.1) is 18.8 Å². The fourth-order valence-electron chi connectivity index (χ4n) is 3.44. The van der Waals surface area contributed by atoms with Crippen molar-refractivity contribution in [2.45, 2.75) is 75.0 Å². The number of aliphatic hydroxyl groups excluding tert-OH is 4. The molecule has 0 bridgehead atoms. The summed E-state index contributed by atoms with van der Waals surface area (Å²) in [5, 5.41) is 51.0. The van der Waals surface area contributed by atoms with Gasteiger partial charge < -0.3 is 45.1 Å². The summed E-state index contributed by atoms with van der Waals surface area (Å²) in [5.74, 6) is -2.31. The molecular formula is C15H25NO14S. The van der Waals surface area contributed by atoms with E-state index in [4.69, 9.17) is 23.9 Å². The van der Waals surface area contributed by atoms with Crippen LogP contribution >= 0.6 is 0 Å². The fourth-order valence-corrected chi connectivity index (χ4v) is 3.95. The summed E-state index contributed by atoms with van der Waals surface area (Å²) in [6.45, 7) is 1.73. The number of carbonyl (C=O) groups excluding carboxylic acids is 1. The molecule has 0 saturated carbocycles. The third-order valence-corrected chi connectivity index (χ3v) is 5.29. The average Bonchev–Trinajstić information content (AvgIpc) is 2.64. The smallest absolute Gasteiger partial charge is 0.397 e. The summed E-state index contributed by atoms with van der Waals surface area (Å²) < 4.78 is 52.3. The number of carbonyl (C=O) groups is 2.